The molecule has 7 aromatic carbocycles. The van der Waals surface area contributed by atoms with Crippen LogP contribution in [0.5, 0.6) is 17.2 Å². The van der Waals surface area contributed by atoms with Crippen LogP contribution in [0.2, 0.25) is 0 Å². The van der Waals surface area contributed by atoms with Gasteiger partial charge in [0, 0.05) is 68.0 Å². The fourth-order valence-electron chi connectivity index (χ4n) is 14.2. The van der Waals surface area contributed by atoms with Crippen LogP contribution in [-0.2, 0) is 69.7 Å². The predicted octanol–water partition coefficient (Wildman–Crippen LogP) is 13.4. The molecule has 3 amide bonds. The number of anilines is 1. The first kappa shape index (κ1) is 87.0. The Hall–Kier alpha value is -11.3. The standard InChI is InChI=1S/C87H94N10O20P2/c1-56(2)97(57(3)4)118(110-45-16-41-88)116-73-49-79(115-76(73)55-112-119(111-46-17-42-89)117-74-50-80(96-52-58(5)81(99)93-84(96)102)114-75(74)54-109-87(62-18-10-9-11-19-62,63-30-36-65(105-7)37-31-63)64-32-38-66(106-8)39-33-64)95-43-40-77(92-83(95)101)91-82(100)61-28-24-60(25-29-61)51-90-78(98)48-59-26-34-67(35-27-59)113-86(104)107-47-44-94(6)85(103)108-53-72-70-22-14-12-20-68(70)69-21-13-15-23-71(69)72/h9-15,18-40,43,52,56-57,72-76,79-80H,16-17,44-51,53-55H2,1-8H3,(H,90,98)(H,93,99,102)(H,91,92,100,101)/t73-,74-,75-,76-,79-,80-,118?,119?/m1/s1. The number of aromatic amines is 1. The van der Waals surface area contributed by atoms with Crippen molar-refractivity contribution in [3.05, 3.63) is 276 Å². The van der Waals surface area contributed by atoms with Crippen LogP contribution in [0.3, 0.4) is 0 Å². The van der Waals surface area contributed by atoms with Crippen molar-refractivity contribution in [2.45, 2.75) is 134 Å². The fourth-order valence-corrected chi connectivity index (χ4v) is 17.1. The molecule has 2 aliphatic heterocycles. The number of aromatic nitrogens is 4. The number of amides is 3. The molecule has 9 aromatic rings. The van der Waals surface area contributed by atoms with Gasteiger partial charge in [-0.3, -0.25) is 28.5 Å². The molecule has 2 fully saturated rings. The zero-order valence-electron chi connectivity index (χ0n) is 67.1. The smallest absolute Gasteiger partial charge is 0.497 e. The minimum absolute atomic E-state index is 0.00588. The Labute approximate surface area is 690 Å². The van der Waals surface area contributed by atoms with Crippen molar-refractivity contribution in [3.8, 4) is 40.5 Å². The minimum atomic E-state index is -2.46. The summed E-state index contributed by atoms with van der Waals surface area (Å²) in [4.78, 5) is 101. The topological polar surface area (TPSA) is 356 Å². The Bertz CT molecular complexity index is 5120. The first-order valence-electron chi connectivity index (χ1n) is 38.9. The van der Waals surface area contributed by atoms with Gasteiger partial charge >= 0.3 is 32.2 Å². The van der Waals surface area contributed by atoms with Gasteiger partial charge in [-0.2, -0.15) is 15.5 Å². The van der Waals surface area contributed by atoms with Crippen molar-refractivity contribution in [1.82, 2.24) is 34.0 Å². The first-order valence-corrected chi connectivity index (χ1v) is 41.1. The van der Waals surface area contributed by atoms with Crippen molar-refractivity contribution >= 4 is 47.0 Å². The van der Waals surface area contributed by atoms with E-state index in [4.69, 9.17) is 60.5 Å². The number of rotatable bonds is 38. The summed E-state index contributed by atoms with van der Waals surface area (Å²) in [6, 6.07) is 59.0. The second-order valence-corrected chi connectivity index (χ2v) is 31.4. The van der Waals surface area contributed by atoms with Gasteiger partial charge in [-0.15, -0.1) is 0 Å². The summed E-state index contributed by atoms with van der Waals surface area (Å²) in [6.45, 7) is 9.18. The van der Waals surface area contributed by atoms with Gasteiger partial charge in [0.15, 0.2) is 0 Å². The highest BCUT2D eigenvalue weighted by molar-refractivity contribution is 7.44. The number of aryl methyl sites for hydroxylation is 1. The number of nitriles is 2. The Morgan fingerprint density at radius 3 is 1.81 bits per heavy atom. The molecule has 622 valence electrons. The van der Waals surface area contributed by atoms with Crippen LogP contribution in [0, 0.1) is 29.6 Å². The highest BCUT2D eigenvalue weighted by Gasteiger charge is 2.47. The van der Waals surface area contributed by atoms with Crippen molar-refractivity contribution in [2.24, 2.45) is 0 Å². The van der Waals surface area contributed by atoms with E-state index in [9.17, 15) is 44.1 Å². The molecule has 2 unspecified atom stereocenters. The zero-order chi connectivity index (χ0) is 84.1. The molecule has 0 spiro atoms. The molecule has 1 aliphatic carbocycles. The molecule has 12 rings (SSSR count). The number of carbonyl (C=O) groups excluding carboxylic acids is 4. The molecule has 2 saturated heterocycles. The number of carbonyl (C=O) groups is 4. The Morgan fingerprint density at radius 1 is 0.639 bits per heavy atom. The maximum atomic E-state index is 14.2. The van der Waals surface area contributed by atoms with Gasteiger partial charge in [-0.25, -0.2) is 23.8 Å². The van der Waals surface area contributed by atoms with Gasteiger partial charge in [-0.05, 0) is 139 Å². The number of hydrogen-bond donors (Lipinski definition) is 3. The van der Waals surface area contributed by atoms with Crippen molar-refractivity contribution < 1.29 is 79.7 Å². The molecule has 3 aliphatic rings. The van der Waals surface area contributed by atoms with Crippen LogP contribution < -0.4 is 41.8 Å². The highest BCUT2D eigenvalue weighted by atomic mass is 31.2. The number of methoxy groups -OCH3 is 2. The van der Waals surface area contributed by atoms with E-state index < -0.39 is 94.7 Å². The van der Waals surface area contributed by atoms with E-state index >= 15 is 0 Å². The SMILES string of the molecule is COc1ccc(C(OC[C@H]2O[C@@H](n3cc(C)c(=O)[nH]c3=O)C[C@H]2OP(OCCC#N)OC[C@H]2O[C@@H](n3ccc(NC(=O)c4ccc(CNC(=O)Cc5ccc(OC(=O)OCCN(C)C(=O)OCC6c7ccccc7-c7ccccc76)cc5)cc4)nc3=O)C[C@H]2OP(OCCC#N)N(C(C)C)C(C)C)(c2ccccc2)c2ccc(OC)cc2)cc1. The lowest BCUT2D eigenvalue weighted by Gasteiger charge is -2.37. The van der Waals surface area contributed by atoms with E-state index in [2.05, 4.69) is 44.9 Å². The molecular weight excluding hydrogens is 1570 g/mol. The molecular formula is C87H94N10O20P2. The average Bonchev–Trinajstić information content (AvgIpc) is 1.51. The summed E-state index contributed by atoms with van der Waals surface area (Å²) in [6.07, 6.45) is -4.48. The van der Waals surface area contributed by atoms with Crippen LogP contribution in [0.25, 0.3) is 11.1 Å². The maximum absolute atomic E-state index is 14.2. The molecule has 32 heteroatoms. The van der Waals surface area contributed by atoms with Crippen molar-refractivity contribution in [2.75, 3.05) is 72.8 Å². The predicted molar refractivity (Wildman–Crippen MR) is 440 cm³/mol. The van der Waals surface area contributed by atoms with Crippen LogP contribution in [0.15, 0.2) is 209 Å². The third-order valence-corrected chi connectivity index (χ3v) is 23.5. The van der Waals surface area contributed by atoms with Crippen LogP contribution in [0.1, 0.15) is 127 Å². The third kappa shape index (κ3) is 22.0. The van der Waals surface area contributed by atoms with E-state index in [0.717, 1.165) is 38.9 Å². The molecule has 119 heavy (non-hydrogen) atoms. The van der Waals surface area contributed by atoms with Crippen molar-refractivity contribution in [1.29, 1.82) is 10.5 Å². The van der Waals surface area contributed by atoms with E-state index in [1.165, 1.54) is 44.6 Å². The second-order valence-electron chi connectivity index (χ2n) is 28.8. The summed E-state index contributed by atoms with van der Waals surface area (Å²) in [5.41, 5.74) is 5.03. The minimum Gasteiger partial charge on any atom is -0.497 e. The number of fused-ring (bicyclic) bond motifs is 3. The summed E-state index contributed by atoms with van der Waals surface area (Å²) in [7, 11) is 0.342. The monoisotopic (exact) mass is 1660 g/mol. The number of nitrogens with one attached hydrogen (secondary N) is 3. The summed E-state index contributed by atoms with van der Waals surface area (Å²) < 4.78 is 86.1. The quantitative estimate of drug-likeness (QED) is 0.0106. The summed E-state index contributed by atoms with van der Waals surface area (Å²) >= 11 is 0. The van der Waals surface area contributed by atoms with Gasteiger partial charge in [-0.1, -0.05) is 127 Å². The molecule has 3 N–H and O–H groups in total. The lowest BCUT2D eigenvalue weighted by atomic mass is 9.80. The van der Waals surface area contributed by atoms with E-state index in [-0.39, 0.29) is 131 Å². The van der Waals surface area contributed by atoms with Gasteiger partial charge in [0.25, 0.3) is 20.0 Å². The highest BCUT2D eigenvalue weighted by Crippen LogP contribution is 2.53. The summed E-state index contributed by atoms with van der Waals surface area (Å²) in [5.74, 6) is 0.377. The Balaban J connectivity index is 0.681. The van der Waals surface area contributed by atoms with Crippen molar-refractivity contribution in [3.63, 3.8) is 0 Å². The number of hydrogen-bond acceptors (Lipinski definition) is 24. The number of benzene rings is 7. The van der Waals surface area contributed by atoms with Crippen LogP contribution in [0.4, 0.5) is 15.4 Å². The first-order chi connectivity index (χ1) is 57.6. The van der Waals surface area contributed by atoms with Gasteiger partial charge < -0.3 is 76.0 Å². The Morgan fingerprint density at radius 2 is 1.20 bits per heavy atom. The number of H-pyrrole nitrogens is 1. The average molecular weight is 1660 g/mol. The largest absolute Gasteiger partial charge is 0.513 e. The molecule has 4 heterocycles. The molecule has 2 aromatic heterocycles. The Kier molecular flexibility index (Phi) is 30.2. The molecule has 30 nitrogen and oxygen atoms in total. The number of nitrogens with zero attached hydrogens (tertiary/aromatic N) is 7. The fraction of sp³-hybridized carbons (Fsp3) is 0.356. The third-order valence-electron chi connectivity index (χ3n) is 20.2. The molecule has 0 bridgehead atoms. The number of likely N-dealkylation sites (N-methyl/N-ethyl adjacent to an activating group) is 1. The summed E-state index contributed by atoms with van der Waals surface area (Å²) in [5, 5.41) is 25.0. The van der Waals surface area contributed by atoms with Crippen LogP contribution in [-0.4, -0.2) is 157 Å². The lowest BCUT2D eigenvalue weighted by molar-refractivity contribution is -0.120. The number of ether oxygens (including phenoxy) is 8. The molecule has 0 radical (unpaired) electrons. The second kappa shape index (κ2) is 41.4. The normalized spacial score (nSPS) is 17.4. The van der Waals surface area contributed by atoms with Gasteiger partial charge in [0.2, 0.25) is 5.91 Å². The van der Waals surface area contributed by atoms with E-state index in [1.807, 2.05) is 148 Å². The van der Waals surface area contributed by atoms with E-state index in [1.54, 1.807) is 64.6 Å². The van der Waals surface area contributed by atoms with E-state index in [0.29, 0.717) is 22.6 Å². The van der Waals surface area contributed by atoms with Gasteiger partial charge in [0.1, 0.15) is 66.5 Å². The molecule has 8 atom stereocenters. The lowest BCUT2D eigenvalue weighted by Crippen LogP contribution is -2.38. The van der Waals surface area contributed by atoms with Gasteiger partial charge in [0.05, 0.1) is 90.8 Å². The molecule has 0 saturated carbocycles. The van der Waals surface area contributed by atoms with Crippen LogP contribution >= 0.6 is 17.1 Å². The maximum Gasteiger partial charge on any atom is 0.513 e. The zero-order valence-corrected chi connectivity index (χ0v) is 68.8.